The highest BCUT2D eigenvalue weighted by Gasteiger charge is 2.37. The largest absolute Gasteiger partial charge is 0.416 e. The molecule has 2 amide bonds. The van der Waals surface area contributed by atoms with Gasteiger partial charge in [-0.05, 0) is 75.6 Å². The van der Waals surface area contributed by atoms with Crippen LogP contribution in [0.2, 0.25) is 0 Å². The normalized spacial score (nSPS) is 18.5. The van der Waals surface area contributed by atoms with Gasteiger partial charge in [-0.25, -0.2) is 4.79 Å². The molecule has 44 heavy (non-hydrogen) atoms. The Morgan fingerprint density at radius 2 is 1.57 bits per heavy atom. The summed E-state index contributed by atoms with van der Waals surface area (Å²) in [7, 11) is 2.87. The van der Waals surface area contributed by atoms with Crippen molar-refractivity contribution in [3.63, 3.8) is 0 Å². The Morgan fingerprint density at radius 1 is 1.09 bits per heavy atom. The molecule has 1 saturated heterocycles. The number of urea groups is 1. The molecule has 3 rings (SSSR count). The number of halogens is 6. The van der Waals surface area contributed by atoms with Gasteiger partial charge in [-0.3, -0.25) is 0 Å². The number of nitrogens with one attached hydrogen (secondary N) is 1. The van der Waals surface area contributed by atoms with Crippen LogP contribution in [0.1, 0.15) is 96.4 Å². The van der Waals surface area contributed by atoms with E-state index in [9.17, 15) is 31.1 Å². The highest BCUT2D eigenvalue weighted by Crippen LogP contribution is 2.37. The van der Waals surface area contributed by atoms with Crippen LogP contribution in [0.5, 0.6) is 0 Å². The second-order valence-corrected chi connectivity index (χ2v) is 10.3. The van der Waals surface area contributed by atoms with Gasteiger partial charge in [0.1, 0.15) is 0 Å². The number of benzene rings is 1. The molecule has 1 heterocycles. The number of nitrogens with zero attached hydrogens (tertiary/aromatic N) is 1. The van der Waals surface area contributed by atoms with Gasteiger partial charge in [0, 0.05) is 33.3 Å². The number of hydrogen-bond acceptors (Lipinski definition) is 3. The van der Waals surface area contributed by atoms with E-state index in [2.05, 4.69) is 44.0 Å². The van der Waals surface area contributed by atoms with Crippen LogP contribution in [0.25, 0.3) is 0 Å². The second-order valence-electron chi connectivity index (χ2n) is 10.3. The lowest BCUT2D eigenvalue weighted by Gasteiger charge is -2.28. The number of rotatable bonds is 5. The average Bonchev–Trinajstić information content (AvgIpc) is 3.52. The van der Waals surface area contributed by atoms with Crippen LogP contribution in [0.15, 0.2) is 54.7 Å². The minimum absolute atomic E-state index is 0.0625. The van der Waals surface area contributed by atoms with Crippen molar-refractivity contribution >= 4 is 6.03 Å². The smallest absolute Gasteiger partial charge is 0.377 e. The van der Waals surface area contributed by atoms with Gasteiger partial charge >= 0.3 is 18.4 Å². The number of nitrogens with two attached hydrogens (primary N) is 1. The fourth-order valence-electron chi connectivity index (χ4n) is 3.82. The van der Waals surface area contributed by atoms with E-state index in [1.807, 2.05) is 31.7 Å². The predicted molar refractivity (Wildman–Crippen MR) is 168 cm³/mol. The molecule has 5 nitrogen and oxygen atoms in total. The van der Waals surface area contributed by atoms with Crippen molar-refractivity contribution in [1.82, 2.24) is 10.2 Å². The van der Waals surface area contributed by atoms with E-state index in [0.717, 1.165) is 38.3 Å². The predicted octanol–water partition coefficient (Wildman–Crippen LogP) is 9.71. The first-order valence-corrected chi connectivity index (χ1v) is 15.0. The molecule has 3 N–H and O–H groups in total. The summed E-state index contributed by atoms with van der Waals surface area (Å²) in [5.41, 5.74) is 3.84. The van der Waals surface area contributed by atoms with Crippen LogP contribution in [0, 0.1) is 5.92 Å². The first-order chi connectivity index (χ1) is 20.5. The van der Waals surface area contributed by atoms with Gasteiger partial charge in [0.25, 0.3) is 0 Å². The molecule has 1 aliphatic heterocycles. The summed E-state index contributed by atoms with van der Waals surface area (Å²) in [6, 6.07) is 2.01. The van der Waals surface area contributed by atoms with E-state index < -0.39 is 29.6 Å². The van der Waals surface area contributed by atoms with Crippen LogP contribution in [-0.2, 0) is 17.1 Å². The molecule has 1 atom stereocenters. The summed E-state index contributed by atoms with van der Waals surface area (Å²) < 4.78 is 79.7. The molecule has 0 bridgehead atoms. The van der Waals surface area contributed by atoms with Crippen LogP contribution in [0.4, 0.5) is 31.1 Å². The third-order valence-corrected chi connectivity index (χ3v) is 6.50. The van der Waals surface area contributed by atoms with Gasteiger partial charge < -0.3 is 20.7 Å². The molecule has 1 aromatic rings. The highest BCUT2D eigenvalue weighted by molar-refractivity contribution is 5.73. The maximum absolute atomic E-state index is 12.5. The third kappa shape index (κ3) is 18.8. The first kappa shape index (κ1) is 43.3. The molecule has 11 heteroatoms. The molecule has 2 fully saturated rings. The zero-order valence-corrected chi connectivity index (χ0v) is 27.5. The van der Waals surface area contributed by atoms with Gasteiger partial charge in [-0.2, -0.15) is 26.3 Å². The quantitative estimate of drug-likeness (QED) is 0.250. The fourth-order valence-corrected chi connectivity index (χ4v) is 3.82. The molecule has 0 aromatic heterocycles. The molecule has 2 aliphatic rings. The summed E-state index contributed by atoms with van der Waals surface area (Å²) in [4.78, 5) is 12.7. The lowest BCUT2D eigenvalue weighted by atomic mass is 9.83. The Balaban J connectivity index is 0. The number of carbonyl (C=O) groups excluding carboxylic acids is 1. The van der Waals surface area contributed by atoms with Crippen molar-refractivity contribution in [2.24, 2.45) is 11.7 Å². The zero-order chi connectivity index (χ0) is 34.5. The van der Waals surface area contributed by atoms with Gasteiger partial charge in [0.15, 0.2) is 0 Å². The van der Waals surface area contributed by atoms with Crippen molar-refractivity contribution < 1.29 is 35.9 Å². The summed E-state index contributed by atoms with van der Waals surface area (Å²) in [5, 5.41) is 2.59. The number of carbonyl (C=O) groups is 1. The molecular weight excluding hydrogens is 584 g/mol. The van der Waals surface area contributed by atoms with Crippen molar-refractivity contribution in [2.45, 2.75) is 98.1 Å². The molecule has 1 saturated carbocycles. The Morgan fingerprint density at radius 3 is 1.86 bits per heavy atom. The summed E-state index contributed by atoms with van der Waals surface area (Å²) in [5.74, 6) is 0.917. The van der Waals surface area contributed by atoms with Crippen LogP contribution >= 0.6 is 0 Å². The minimum Gasteiger partial charge on any atom is -0.377 e. The number of amides is 2. The lowest BCUT2D eigenvalue weighted by Crippen LogP contribution is -2.35. The average molecular weight is 638 g/mol. The SMILES string of the molecule is C=C/C(C)=C\C=C/CC.CC.CC1CC(N)C1.CNC(=O)N1CCCC1.CO[C@H](C)c1cc(C(F)(F)F)cc(C(F)(F)F)c1. The van der Waals surface area contributed by atoms with Gasteiger partial charge in [-0.15, -0.1) is 0 Å². The number of hydrogen-bond donors (Lipinski definition) is 2. The Bertz CT molecular complexity index is 956. The minimum atomic E-state index is -4.83. The van der Waals surface area contributed by atoms with E-state index in [-0.39, 0.29) is 17.7 Å². The van der Waals surface area contributed by atoms with E-state index in [4.69, 9.17) is 10.5 Å². The standard InChI is InChI=1S/C11H10F6O.C9H14.C6H12N2O.C5H11N.C2H6/c1-6(18-2)7-3-8(10(12,13)14)5-9(4-7)11(15,16)17;1-4-6-7-8-9(3)5-2;1-7-6(9)8-4-2-3-5-8;1-4-2-5(6)3-4;1-2/h3-6H,1-2H3;5-8H,2,4H2,1,3H3;2-5H2,1H3,(H,7,9);4-5H,2-3,6H2,1H3;1-2H3/b;7-6-,9-8-;;;/t6-;;;;/m1..../s1. The topological polar surface area (TPSA) is 67.6 Å². The number of ether oxygens (including phenoxy) is 1. The summed E-state index contributed by atoms with van der Waals surface area (Å²) in [6.07, 6.45) is 3.48. The first-order valence-electron chi connectivity index (χ1n) is 15.0. The maximum Gasteiger partial charge on any atom is 0.416 e. The van der Waals surface area contributed by atoms with E-state index in [1.165, 1.54) is 32.4 Å². The summed E-state index contributed by atoms with van der Waals surface area (Å²) >= 11 is 0. The molecule has 1 aliphatic carbocycles. The molecule has 1 aromatic carbocycles. The zero-order valence-electron chi connectivity index (χ0n) is 27.5. The van der Waals surface area contributed by atoms with Crippen molar-refractivity contribution in [3.05, 3.63) is 71.3 Å². The monoisotopic (exact) mass is 637 g/mol. The highest BCUT2D eigenvalue weighted by atomic mass is 19.4. The third-order valence-electron chi connectivity index (χ3n) is 6.50. The number of likely N-dealkylation sites (tertiary alicyclic amines) is 1. The van der Waals surface area contributed by atoms with E-state index in [1.54, 1.807) is 7.05 Å². The van der Waals surface area contributed by atoms with Crippen LogP contribution in [0.3, 0.4) is 0 Å². The van der Waals surface area contributed by atoms with E-state index >= 15 is 0 Å². The molecule has 0 unspecified atom stereocenters. The second kappa shape index (κ2) is 22.7. The van der Waals surface area contributed by atoms with Gasteiger partial charge in [0.05, 0.1) is 17.2 Å². The number of alkyl halides is 6. The van der Waals surface area contributed by atoms with Gasteiger partial charge in [0.2, 0.25) is 0 Å². The van der Waals surface area contributed by atoms with Crippen LogP contribution < -0.4 is 11.1 Å². The van der Waals surface area contributed by atoms with Crippen molar-refractivity contribution in [1.29, 1.82) is 0 Å². The Hall–Kier alpha value is -2.79. The molecule has 0 radical (unpaired) electrons. The van der Waals surface area contributed by atoms with E-state index in [0.29, 0.717) is 18.2 Å². The summed E-state index contributed by atoms with van der Waals surface area (Å²) in [6.45, 7) is 17.3. The maximum atomic E-state index is 12.5. The number of methoxy groups -OCH3 is 1. The van der Waals surface area contributed by atoms with Crippen LogP contribution in [-0.4, -0.2) is 44.2 Å². The number of allylic oxidation sites excluding steroid dienone is 5. The Kier molecular flexibility index (Phi) is 22.3. The van der Waals surface area contributed by atoms with Crippen molar-refractivity contribution in [2.75, 3.05) is 27.2 Å². The molecular formula is C33H53F6N3O2. The Labute approximate surface area is 260 Å². The fraction of sp³-hybridized carbons (Fsp3) is 0.606. The van der Waals surface area contributed by atoms with Gasteiger partial charge in [-0.1, -0.05) is 64.2 Å². The molecule has 254 valence electrons. The lowest BCUT2D eigenvalue weighted by molar-refractivity contribution is -0.143. The van der Waals surface area contributed by atoms with Crippen molar-refractivity contribution in [3.8, 4) is 0 Å². The molecule has 0 spiro atoms.